The number of phenolic OH excluding ortho intramolecular Hbond substituents is 1. The Morgan fingerprint density at radius 3 is 2.82 bits per heavy atom. The number of rotatable bonds is 3. The van der Waals surface area contributed by atoms with Gasteiger partial charge >= 0.3 is 5.69 Å². The molecule has 0 aliphatic carbocycles. The van der Waals surface area contributed by atoms with Crippen molar-refractivity contribution in [1.82, 2.24) is 4.98 Å². The van der Waals surface area contributed by atoms with Crippen LogP contribution in [0.5, 0.6) is 5.75 Å². The average molecular weight is 231 g/mol. The third-order valence-corrected chi connectivity index (χ3v) is 2.09. The molecule has 0 aliphatic heterocycles. The molecule has 0 saturated heterocycles. The van der Waals surface area contributed by atoms with Crippen LogP contribution in [0, 0.1) is 10.1 Å². The minimum Gasteiger partial charge on any atom is -0.508 e. The van der Waals surface area contributed by atoms with Crippen molar-refractivity contribution in [2.24, 2.45) is 0 Å². The van der Waals surface area contributed by atoms with E-state index in [2.05, 4.69) is 10.3 Å². The number of benzene rings is 1. The van der Waals surface area contributed by atoms with Crippen LogP contribution in [0.15, 0.2) is 42.6 Å². The predicted molar refractivity (Wildman–Crippen MR) is 62.3 cm³/mol. The van der Waals surface area contributed by atoms with Gasteiger partial charge in [-0.05, 0) is 18.2 Å². The summed E-state index contributed by atoms with van der Waals surface area (Å²) in [4.78, 5) is 14.1. The summed E-state index contributed by atoms with van der Waals surface area (Å²) in [7, 11) is 0. The number of aromatic nitrogens is 1. The van der Waals surface area contributed by atoms with Crippen LogP contribution in [-0.2, 0) is 0 Å². The van der Waals surface area contributed by atoms with Gasteiger partial charge in [-0.15, -0.1) is 0 Å². The molecule has 1 aromatic carbocycles. The van der Waals surface area contributed by atoms with E-state index in [1.165, 1.54) is 30.5 Å². The van der Waals surface area contributed by atoms with E-state index < -0.39 is 4.92 Å². The van der Waals surface area contributed by atoms with Crippen molar-refractivity contribution < 1.29 is 10.0 Å². The number of aromatic hydroxyl groups is 1. The summed E-state index contributed by atoms with van der Waals surface area (Å²) < 4.78 is 0. The fourth-order valence-corrected chi connectivity index (χ4v) is 1.36. The number of nitrogens with zero attached hydrogens (tertiary/aromatic N) is 2. The molecule has 17 heavy (non-hydrogen) atoms. The summed E-state index contributed by atoms with van der Waals surface area (Å²) in [5.41, 5.74) is 0.419. The standard InChI is InChI=1S/C11H9N3O3/c15-9-4-1-3-8(7-9)13-11-10(14(16)17)5-2-6-12-11/h1-7,15H,(H,12,13). The summed E-state index contributed by atoms with van der Waals surface area (Å²) in [6, 6.07) is 9.13. The number of hydrogen-bond donors (Lipinski definition) is 2. The van der Waals surface area contributed by atoms with E-state index in [9.17, 15) is 15.2 Å². The number of nitro groups is 1. The van der Waals surface area contributed by atoms with Gasteiger partial charge in [0.25, 0.3) is 0 Å². The maximum Gasteiger partial charge on any atom is 0.311 e. The molecule has 1 aromatic heterocycles. The first kappa shape index (κ1) is 10.9. The summed E-state index contributed by atoms with van der Waals surface area (Å²) in [5, 5.41) is 22.8. The smallest absolute Gasteiger partial charge is 0.311 e. The molecule has 0 saturated carbocycles. The van der Waals surface area contributed by atoms with Gasteiger partial charge in [0.1, 0.15) is 5.75 Å². The highest BCUT2D eigenvalue weighted by Gasteiger charge is 2.13. The Labute approximate surface area is 96.7 Å². The van der Waals surface area contributed by atoms with Crippen molar-refractivity contribution in [3.8, 4) is 5.75 Å². The highest BCUT2D eigenvalue weighted by Crippen LogP contribution is 2.25. The van der Waals surface area contributed by atoms with Crippen molar-refractivity contribution in [3.63, 3.8) is 0 Å². The third kappa shape index (κ3) is 2.49. The van der Waals surface area contributed by atoms with E-state index in [-0.39, 0.29) is 17.3 Å². The molecule has 0 radical (unpaired) electrons. The highest BCUT2D eigenvalue weighted by molar-refractivity contribution is 5.65. The molecule has 2 N–H and O–H groups in total. The first-order chi connectivity index (χ1) is 8.16. The van der Waals surface area contributed by atoms with Gasteiger partial charge in [0.2, 0.25) is 5.82 Å². The van der Waals surface area contributed by atoms with E-state index in [0.29, 0.717) is 5.69 Å². The lowest BCUT2D eigenvalue weighted by molar-refractivity contribution is -0.384. The molecule has 0 amide bonds. The molecule has 86 valence electrons. The van der Waals surface area contributed by atoms with Crippen molar-refractivity contribution >= 4 is 17.2 Å². The highest BCUT2D eigenvalue weighted by atomic mass is 16.6. The average Bonchev–Trinajstić information content (AvgIpc) is 2.29. The fraction of sp³-hybridized carbons (Fsp3) is 0. The zero-order valence-electron chi connectivity index (χ0n) is 8.70. The normalized spacial score (nSPS) is 9.88. The topological polar surface area (TPSA) is 88.3 Å². The van der Waals surface area contributed by atoms with E-state index >= 15 is 0 Å². The first-order valence-corrected chi connectivity index (χ1v) is 4.82. The number of nitrogens with one attached hydrogen (secondary N) is 1. The molecule has 0 bridgehead atoms. The number of hydrogen-bond acceptors (Lipinski definition) is 5. The van der Waals surface area contributed by atoms with Gasteiger partial charge < -0.3 is 10.4 Å². The maximum absolute atomic E-state index is 10.8. The molecule has 0 fully saturated rings. The van der Waals surface area contributed by atoms with E-state index in [1.54, 1.807) is 12.1 Å². The second kappa shape index (κ2) is 4.48. The molecular formula is C11H9N3O3. The van der Waals surface area contributed by atoms with Crippen LogP contribution >= 0.6 is 0 Å². The minimum atomic E-state index is -0.516. The number of phenols is 1. The van der Waals surface area contributed by atoms with E-state index in [4.69, 9.17) is 0 Å². The Morgan fingerprint density at radius 2 is 2.12 bits per heavy atom. The van der Waals surface area contributed by atoms with Crippen LogP contribution < -0.4 is 5.32 Å². The van der Waals surface area contributed by atoms with Crippen LogP contribution in [0.2, 0.25) is 0 Å². The van der Waals surface area contributed by atoms with Crippen molar-refractivity contribution in [3.05, 3.63) is 52.7 Å². The van der Waals surface area contributed by atoms with Gasteiger partial charge in [-0.25, -0.2) is 4.98 Å². The molecule has 6 heteroatoms. The zero-order valence-corrected chi connectivity index (χ0v) is 8.70. The Balaban J connectivity index is 2.33. The molecule has 6 nitrogen and oxygen atoms in total. The maximum atomic E-state index is 10.8. The molecule has 1 heterocycles. The molecule has 0 atom stereocenters. The second-order valence-corrected chi connectivity index (χ2v) is 3.30. The monoisotopic (exact) mass is 231 g/mol. The third-order valence-electron chi connectivity index (χ3n) is 2.09. The van der Waals surface area contributed by atoms with Gasteiger partial charge in [0, 0.05) is 24.0 Å². The quantitative estimate of drug-likeness (QED) is 0.625. The SMILES string of the molecule is O=[N+]([O-])c1cccnc1Nc1cccc(O)c1. The van der Waals surface area contributed by atoms with Gasteiger partial charge in [-0.1, -0.05) is 6.07 Å². The van der Waals surface area contributed by atoms with E-state index in [0.717, 1.165) is 0 Å². The lowest BCUT2D eigenvalue weighted by atomic mass is 10.3. The van der Waals surface area contributed by atoms with Crippen molar-refractivity contribution in [2.75, 3.05) is 5.32 Å². The molecule has 2 aromatic rings. The summed E-state index contributed by atoms with van der Waals surface area (Å²) in [5.74, 6) is 0.219. The second-order valence-electron chi connectivity index (χ2n) is 3.30. The lowest BCUT2D eigenvalue weighted by Crippen LogP contribution is -1.98. The van der Waals surface area contributed by atoms with Gasteiger partial charge in [0.05, 0.1) is 4.92 Å². The van der Waals surface area contributed by atoms with Crippen molar-refractivity contribution in [2.45, 2.75) is 0 Å². The predicted octanol–water partition coefficient (Wildman–Crippen LogP) is 2.44. The Kier molecular flexibility index (Phi) is 2.87. The van der Waals surface area contributed by atoms with Crippen molar-refractivity contribution in [1.29, 1.82) is 0 Å². The number of anilines is 2. The van der Waals surface area contributed by atoms with Gasteiger partial charge in [-0.2, -0.15) is 0 Å². The molecule has 0 spiro atoms. The fourth-order valence-electron chi connectivity index (χ4n) is 1.36. The zero-order chi connectivity index (χ0) is 12.3. The summed E-state index contributed by atoms with van der Waals surface area (Å²) in [6.07, 6.45) is 1.46. The van der Waals surface area contributed by atoms with Crippen LogP contribution in [-0.4, -0.2) is 15.0 Å². The van der Waals surface area contributed by atoms with Crippen LogP contribution in [0.4, 0.5) is 17.2 Å². The molecule has 0 aliphatic rings. The van der Waals surface area contributed by atoms with Crippen LogP contribution in [0.25, 0.3) is 0 Å². The Bertz CT molecular complexity index is 557. The van der Waals surface area contributed by atoms with Crippen LogP contribution in [0.3, 0.4) is 0 Å². The van der Waals surface area contributed by atoms with Gasteiger partial charge in [0.15, 0.2) is 0 Å². The summed E-state index contributed by atoms with van der Waals surface area (Å²) in [6.45, 7) is 0. The Hall–Kier alpha value is -2.63. The lowest BCUT2D eigenvalue weighted by Gasteiger charge is -2.05. The molecule has 0 unspecified atom stereocenters. The summed E-state index contributed by atoms with van der Waals surface area (Å²) >= 11 is 0. The largest absolute Gasteiger partial charge is 0.508 e. The molecule has 2 rings (SSSR count). The van der Waals surface area contributed by atoms with Crippen LogP contribution in [0.1, 0.15) is 0 Å². The molecular weight excluding hydrogens is 222 g/mol. The van der Waals surface area contributed by atoms with E-state index in [1.807, 2.05) is 0 Å². The number of pyridine rings is 1. The first-order valence-electron chi connectivity index (χ1n) is 4.82. The minimum absolute atomic E-state index is 0.0774. The van der Waals surface area contributed by atoms with Gasteiger partial charge in [-0.3, -0.25) is 10.1 Å². The Morgan fingerprint density at radius 1 is 1.29 bits per heavy atom.